The van der Waals surface area contributed by atoms with Gasteiger partial charge in [0.15, 0.2) is 5.54 Å². The molecule has 1 saturated heterocycles. The van der Waals surface area contributed by atoms with Crippen LogP contribution in [0.1, 0.15) is 17.5 Å². The van der Waals surface area contributed by atoms with E-state index in [0.717, 1.165) is 11.1 Å². The van der Waals surface area contributed by atoms with Crippen molar-refractivity contribution in [2.45, 2.75) is 12.0 Å². The number of benzene rings is 2. The minimum Gasteiger partial charge on any atom is -0.302 e. The first-order valence-corrected chi connectivity index (χ1v) is 8.19. The van der Waals surface area contributed by atoms with Gasteiger partial charge in [0, 0.05) is 6.54 Å². The van der Waals surface area contributed by atoms with Crippen LogP contribution in [-0.2, 0) is 10.3 Å². The van der Waals surface area contributed by atoms with Gasteiger partial charge in [0.25, 0.3) is 5.91 Å². The lowest BCUT2D eigenvalue weighted by Crippen LogP contribution is -2.48. The summed E-state index contributed by atoms with van der Waals surface area (Å²) in [6.45, 7) is 0.463. The molecule has 0 spiro atoms. The maximum absolute atomic E-state index is 12.9. The largest absolute Gasteiger partial charge is 0.325 e. The van der Waals surface area contributed by atoms with E-state index in [1.54, 1.807) is 4.90 Å². The third-order valence-corrected chi connectivity index (χ3v) is 4.44. The molecule has 0 atom stereocenters. The van der Waals surface area contributed by atoms with Crippen LogP contribution in [0.4, 0.5) is 4.79 Å². The molecule has 5 heteroatoms. The van der Waals surface area contributed by atoms with E-state index in [9.17, 15) is 9.59 Å². The van der Waals surface area contributed by atoms with Crippen molar-refractivity contribution in [3.63, 3.8) is 0 Å². The molecule has 0 radical (unpaired) electrons. The van der Waals surface area contributed by atoms with Crippen molar-refractivity contribution in [1.82, 2.24) is 10.2 Å². The van der Waals surface area contributed by atoms with Gasteiger partial charge in [-0.1, -0.05) is 60.7 Å². The van der Waals surface area contributed by atoms with Crippen LogP contribution >= 0.6 is 12.6 Å². The van der Waals surface area contributed by atoms with E-state index in [2.05, 4.69) is 17.9 Å². The number of nitrogens with one attached hydrogen (secondary N) is 1. The predicted octanol–water partition coefficient (Wildman–Crippen LogP) is 2.80. The summed E-state index contributed by atoms with van der Waals surface area (Å²) in [6, 6.07) is 18.5. The molecule has 4 nitrogen and oxygen atoms in total. The van der Waals surface area contributed by atoms with Crippen molar-refractivity contribution in [2.75, 3.05) is 12.3 Å². The fourth-order valence-corrected chi connectivity index (χ4v) is 3.27. The summed E-state index contributed by atoms with van der Waals surface area (Å²) in [5.41, 5.74) is 0.449. The highest BCUT2D eigenvalue weighted by molar-refractivity contribution is 7.80. The van der Waals surface area contributed by atoms with E-state index in [-0.39, 0.29) is 11.9 Å². The molecule has 2 aromatic rings. The number of rotatable bonds is 5. The van der Waals surface area contributed by atoms with Gasteiger partial charge < -0.3 is 4.90 Å². The first-order valence-electron chi connectivity index (χ1n) is 7.56. The topological polar surface area (TPSA) is 49.4 Å². The first kappa shape index (κ1) is 15.6. The van der Waals surface area contributed by atoms with Gasteiger partial charge in [-0.3, -0.25) is 10.1 Å². The molecule has 2 aromatic carbocycles. The lowest BCUT2D eigenvalue weighted by molar-refractivity contribution is -0.125. The number of hydrogen-bond donors (Lipinski definition) is 2. The number of imide groups is 1. The van der Waals surface area contributed by atoms with Crippen LogP contribution in [0.5, 0.6) is 0 Å². The van der Waals surface area contributed by atoms with Crippen molar-refractivity contribution in [1.29, 1.82) is 0 Å². The summed E-state index contributed by atoms with van der Waals surface area (Å²) in [5, 5.41) is 2.49. The van der Waals surface area contributed by atoms with Crippen LogP contribution in [0, 0.1) is 0 Å². The van der Waals surface area contributed by atoms with Crippen molar-refractivity contribution in [3.05, 3.63) is 71.8 Å². The Morgan fingerprint density at radius 3 is 1.91 bits per heavy atom. The van der Waals surface area contributed by atoms with Crippen LogP contribution in [0.3, 0.4) is 0 Å². The van der Waals surface area contributed by atoms with Gasteiger partial charge in [0.05, 0.1) is 0 Å². The number of carbonyl (C=O) groups is 2. The van der Waals surface area contributed by atoms with E-state index in [1.165, 1.54) is 0 Å². The van der Waals surface area contributed by atoms with Gasteiger partial charge in [-0.25, -0.2) is 4.79 Å². The summed E-state index contributed by atoms with van der Waals surface area (Å²) in [6.07, 6.45) is 0.714. The molecule has 3 rings (SSSR count). The maximum atomic E-state index is 12.9. The summed E-state index contributed by atoms with van der Waals surface area (Å²) < 4.78 is 0. The number of urea groups is 1. The molecular formula is C18H18N2O2S. The lowest BCUT2D eigenvalue weighted by atomic mass is 9.81. The molecule has 0 aromatic heterocycles. The smallest absolute Gasteiger partial charge is 0.302 e. The minimum atomic E-state index is -1.12. The Morgan fingerprint density at radius 1 is 0.913 bits per heavy atom. The molecule has 0 bridgehead atoms. The summed E-state index contributed by atoms with van der Waals surface area (Å²) >= 11 is 4.23. The molecule has 0 aliphatic carbocycles. The highest BCUT2D eigenvalue weighted by Crippen LogP contribution is 2.39. The molecule has 1 aliphatic rings. The van der Waals surface area contributed by atoms with Crippen LogP contribution in [0.25, 0.3) is 0 Å². The zero-order valence-electron chi connectivity index (χ0n) is 12.6. The van der Waals surface area contributed by atoms with Gasteiger partial charge in [-0.05, 0) is 23.3 Å². The average molecular weight is 326 g/mol. The van der Waals surface area contributed by atoms with Crippen molar-refractivity contribution in [2.24, 2.45) is 0 Å². The molecule has 1 heterocycles. The van der Waals surface area contributed by atoms with Crippen LogP contribution in [0.2, 0.25) is 0 Å². The van der Waals surface area contributed by atoms with E-state index in [0.29, 0.717) is 18.7 Å². The number of nitrogens with zero attached hydrogens (tertiary/aromatic N) is 1. The highest BCUT2D eigenvalue weighted by Gasteiger charge is 2.54. The third-order valence-electron chi connectivity index (χ3n) is 4.12. The fourth-order valence-electron chi connectivity index (χ4n) is 3.13. The molecule has 0 saturated carbocycles. The van der Waals surface area contributed by atoms with Gasteiger partial charge in [0.2, 0.25) is 0 Å². The normalized spacial score (nSPS) is 16.5. The van der Waals surface area contributed by atoms with E-state index in [1.807, 2.05) is 60.7 Å². The molecule has 118 valence electrons. The summed E-state index contributed by atoms with van der Waals surface area (Å²) in [4.78, 5) is 26.9. The fraction of sp³-hybridized carbons (Fsp3) is 0.222. The maximum Gasteiger partial charge on any atom is 0.325 e. The second-order valence-corrected chi connectivity index (χ2v) is 5.88. The monoisotopic (exact) mass is 326 g/mol. The number of carbonyl (C=O) groups excluding carboxylic acids is 2. The molecule has 1 fully saturated rings. The Balaban J connectivity index is 2.22. The van der Waals surface area contributed by atoms with Crippen molar-refractivity contribution < 1.29 is 9.59 Å². The first-order chi connectivity index (χ1) is 11.2. The average Bonchev–Trinajstić information content (AvgIpc) is 2.85. The quantitative estimate of drug-likeness (QED) is 0.656. The molecular weight excluding hydrogens is 308 g/mol. The van der Waals surface area contributed by atoms with Gasteiger partial charge in [-0.15, -0.1) is 0 Å². The highest BCUT2D eigenvalue weighted by atomic mass is 32.1. The Bertz CT molecular complexity index is 664. The molecule has 23 heavy (non-hydrogen) atoms. The Hall–Kier alpha value is -2.27. The second-order valence-electron chi connectivity index (χ2n) is 5.43. The molecule has 1 N–H and O–H groups in total. The van der Waals surface area contributed by atoms with Crippen molar-refractivity contribution in [3.8, 4) is 0 Å². The standard InChI is InChI=1S/C18H18N2O2S/c21-16-18(14-8-3-1-4-9-14,15-10-5-2-6-11-15)20(12-7-13-23)17(22)19-16/h1-6,8-11,23H,7,12-13H2,(H,19,21,22). The zero-order valence-corrected chi connectivity index (χ0v) is 13.5. The Morgan fingerprint density at radius 2 is 1.43 bits per heavy atom. The number of hydrogen-bond acceptors (Lipinski definition) is 3. The van der Waals surface area contributed by atoms with Crippen LogP contribution in [-0.4, -0.2) is 29.1 Å². The van der Waals surface area contributed by atoms with Crippen molar-refractivity contribution >= 4 is 24.6 Å². The van der Waals surface area contributed by atoms with Gasteiger partial charge in [-0.2, -0.15) is 12.6 Å². The Labute approximate surface area is 140 Å². The summed E-state index contributed by atoms with van der Waals surface area (Å²) in [7, 11) is 0. The number of amides is 3. The molecule has 3 amide bonds. The SMILES string of the molecule is O=C1NC(=O)C(c2ccccc2)(c2ccccc2)N1CCCS. The predicted molar refractivity (Wildman–Crippen MR) is 92.4 cm³/mol. The van der Waals surface area contributed by atoms with E-state index >= 15 is 0 Å². The van der Waals surface area contributed by atoms with Crippen LogP contribution in [0.15, 0.2) is 60.7 Å². The zero-order chi connectivity index (χ0) is 16.3. The molecule has 0 unspecified atom stereocenters. The third kappa shape index (κ3) is 2.51. The summed E-state index contributed by atoms with van der Waals surface area (Å²) in [5.74, 6) is 0.344. The Kier molecular flexibility index (Phi) is 4.39. The van der Waals surface area contributed by atoms with Gasteiger partial charge in [0.1, 0.15) is 0 Å². The number of thiol groups is 1. The van der Waals surface area contributed by atoms with E-state index < -0.39 is 5.54 Å². The van der Waals surface area contributed by atoms with E-state index in [4.69, 9.17) is 0 Å². The minimum absolute atomic E-state index is 0.306. The second kappa shape index (κ2) is 6.46. The molecule has 1 aliphatic heterocycles. The lowest BCUT2D eigenvalue weighted by Gasteiger charge is -2.36. The van der Waals surface area contributed by atoms with Gasteiger partial charge >= 0.3 is 6.03 Å². The van der Waals surface area contributed by atoms with Crippen LogP contribution < -0.4 is 5.32 Å².